The third kappa shape index (κ3) is 5.37. The number of carbonyl (C=O) groups is 1. The molecule has 0 atom stereocenters. The molecule has 3 aromatic rings. The largest absolute Gasteiger partial charge is 0.351 e. The highest BCUT2D eigenvalue weighted by atomic mass is 32.2. The fourth-order valence-corrected chi connectivity index (χ4v) is 4.18. The minimum atomic E-state index is -4.14. The maximum absolute atomic E-state index is 13.3. The van der Waals surface area contributed by atoms with Gasteiger partial charge in [-0.25, -0.2) is 17.2 Å². The van der Waals surface area contributed by atoms with Gasteiger partial charge in [0.05, 0.1) is 17.9 Å². The van der Waals surface area contributed by atoms with Crippen molar-refractivity contribution in [3.05, 3.63) is 82.1 Å². The summed E-state index contributed by atoms with van der Waals surface area (Å²) in [7, 11) is -4.14. The van der Waals surface area contributed by atoms with Gasteiger partial charge in [-0.15, -0.1) is 11.3 Å². The Kier molecular flexibility index (Phi) is 6.05. The lowest BCUT2D eigenvalue weighted by Gasteiger charge is -2.09. The quantitative estimate of drug-likeness (QED) is 0.610. The van der Waals surface area contributed by atoms with Gasteiger partial charge in [-0.05, 0) is 41.3 Å². The molecule has 0 unspecified atom stereocenters. The third-order valence-corrected chi connectivity index (χ3v) is 5.99. The molecule has 9 heteroatoms. The van der Waals surface area contributed by atoms with Crippen LogP contribution in [0.1, 0.15) is 10.4 Å². The van der Waals surface area contributed by atoms with Crippen molar-refractivity contribution in [2.24, 2.45) is 0 Å². The Hall–Kier alpha value is -2.78. The fraction of sp³-hybridized carbons (Fsp3) is 0.105. The molecular weight excluding hydrogens is 406 g/mol. The molecule has 2 aromatic carbocycles. The molecule has 0 aliphatic carbocycles. The molecule has 1 aromatic heterocycles. The lowest BCUT2D eigenvalue weighted by Crippen LogP contribution is -2.24. The maximum Gasteiger partial charge on any atom is 0.262 e. The summed E-state index contributed by atoms with van der Waals surface area (Å²) in [5, 5.41) is 4.74. The summed E-state index contributed by atoms with van der Waals surface area (Å²) in [6, 6.07) is 12.1. The van der Waals surface area contributed by atoms with Crippen LogP contribution in [0, 0.1) is 11.6 Å². The molecule has 1 amide bonds. The Morgan fingerprint density at radius 1 is 1.00 bits per heavy atom. The standard InChI is InChI=1S/C19H16F2N2O3S2/c20-14-9-15(21)11-18(10-14)28(25,26)23-16-5-3-13(4-6-16)8-19(24)22-12-17-2-1-7-27-17/h1-7,9-11,23H,8,12H2,(H,22,24). The Morgan fingerprint density at radius 2 is 1.68 bits per heavy atom. The molecular formula is C19H16F2N2O3S2. The first kappa shape index (κ1) is 20.0. The molecule has 0 spiro atoms. The number of benzene rings is 2. The Bertz CT molecular complexity index is 1050. The topological polar surface area (TPSA) is 75.3 Å². The summed E-state index contributed by atoms with van der Waals surface area (Å²) in [5.41, 5.74) is 0.913. The van der Waals surface area contributed by atoms with Crippen LogP contribution >= 0.6 is 11.3 Å². The highest BCUT2D eigenvalue weighted by Crippen LogP contribution is 2.19. The third-order valence-electron chi connectivity index (χ3n) is 3.76. The molecule has 2 N–H and O–H groups in total. The highest BCUT2D eigenvalue weighted by Gasteiger charge is 2.16. The number of rotatable bonds is 7. The van der Waals surface area contributed by atoms with Crippen LogP contribution in [0.3, 0.4) is 0 Å². The van der Waals surface area contributed by atoms with E-state index in [1.54, 1.807) is 23.5 Å². The minimum Gasteiger partial charge on any atom is -0.351 e. The zero-order valence-electron chi connectivity index (χ0n) is 14.5. The number of sulfonamides is 1. The maximum atomic E-state index is 13.3. The predicted molar refractivity (Wildman–Crippen MR) is 103 cm³/mol. The van der Waals surface area contributed by atoms with E-state index >= 15 is 0 Å². The average Bonchev–Trinajstić information content (AvgIpc) is 3.14. The molecule has 0 saturated heterocycles. The van der Waals surface area contributed by atoms with Crippen molar-refractivity contribution in [2.45, 2.75) is 17.9 Å². The van der Waals surface area contributed by atoms with E-state index in [9.17, 15) is 22.0 Å². The first-order chi connectivity index (χ1) is 13.3. The summed E-state index contributed by atoms with van der Waals surface area (Å²) < 4.78 is 53.3. The van der Waals surface area contributed by atoms with Gasteiger partial charge in [0.1, 0.15) is 11.6 Å². The van der Waals surface area contributed by atoms with Crippen molar-refractivity contribution in [1.29, 1.82) is 0 Å². The van der Waals surface area contributed by atoms with Crippen LogP contribution in [0.4, 0.5) is 14.5 Å². The highest BCUT2D eigenvalue weighted by molar-refractivity contribution is 7.92. The monoisotopic (exact) mass is 422 g/mol. The number of hydrogen-bond acceptors (Lipinski definition) is 4. The fourth-order valence-electron chi connectivity index (χ4n) is 2.44. The van der Waals surface area contributed by atoms with Crippen LogP contribution in [-0.2, 0) is 27.8 Å². The lowest BCUT2D eigenvalue weighted by atomic mass is 10.1. The average molecular weight is 422 g/mol. The van der Waals surface area contributed by atoms with Crippen molar-refractivity contribution >= 4 is 33.0 Å². The molecule has 5 nitrogen and oxygen atoms in total. The first-order valence-electron chi connectivity index (χ1n) is 8.19. The van der Waals surface area contributed by atoms with Crippen LogP contribution < -0.4 is 10.0 Å². The molecule has 146 valence electrons. The van der Waals surface area contributed by atoms with E-state index in [1.165, 1.54) is 12.1 Å². The van der Waals surface area contributed by atoms with Crippen LogP contribution in [-0.4, -0.2) is 14.3 Å². The van der Waals surface area contributed by atoms with Gasteiger partial charge in [-0.1, -0.05) is 18.2 Å². The number of carbonyl (C=O) groups excluding carboxylic acids is 1. The predicted octanol–water partition coefficient (Wildman–Crippen LogP) is 3.69. The van der Waals surface area contributed by atoms with Gasteiger partial charge < -0.3 is 5.32 Å². The zero-order chi connectivity index (χ0) is 20.1. The zero-order valence-corrected chi connectivity index (χ0v) is 16.1. The van der Waals surface area contributed by atoms with E-state index in [2.05, 4.69) is 10.0 Å². The van der Waals surface area contributed by atoms with Gasteiger partial charge in [-0.2, -0.15) is 0 Å². The SMILES string of the molecule is O=C(Cc1ccc(NS(=O)(=O)c2cc(F)cc(F)c2)cc1)NCc1cccs1. The van der Waals surface area contributed by atoms with Gasteiger partial charge >= 0.3 is 0 Å². The molecule has 0 fully saturated rings. The number of nitrogens with one attached hydrogen (secondary N) is 2. The smallest absolute Gasteiger partial charge is 0.262 e. The van der Waals surface area contributed by atoms with E-state index in [0.717, 1.165) is 17.0 Å². The van der Waals surface area contributed by atoms with Crippen LogP contribution in [0.15, 0.2) is 64.9 Å². The number of thiophene rings is 1. The van der Waals surface area contributed by atoms with Crippen molar-refractivity contribution in [3.8, 4) is 0 Å². The molecule has 28 heavy (non-hydrogen) atoms. The second kappa shape index (κ2) is 8.49. The van der Waals surface area contributed by atoms with Gasteiger partial charge in [-0.3, -0.25) is 9.52 Å². The number of halogens is 2. The molecule has 0 radical (unpaired) electrons. The number of amides is 1. The van der Waals surface area contributed by atoms with E-state index in [0.29, 0.717) is 18.2 Å². The molecule has 0 bridgehead atoms. The summed E-state index contributed by atoms with van der Waals surface area (Å²) in [6.45, 7) is 0.457. The lowest BCUT2D eigenvalue weighted by molar-refractivity contribution is -0.120. The number of hydrogen-bond donors (Lipinski definition) is 2. The molecule has 0 aliphatic heterocycles. The minimum absolute atomic E-state index is 0.146. The van der Waals surface area contributed by atoms with E-state index in [-0.39, 0.29) is 18.0 Å². The van der Waals surface area contributed by atoms with Crippen molar-refractivity contribution in [2.75, 3.05) is 4.72 Å². The normalized spacial score (nSPS) is 11.2. The van der Waals surface area contributed by atoms with Crippen LogP contribution in [0.25, 0.3) is 0 Å². The molecule has 3 rings (SSSR count). The molecule has 1 heterocycles. The summed E-state index contributed by atoms with van der Waals surface area (Å²) in [6.07, 6.45) is 0.146. The first-order valence-corrected chi connectivity index (χ1v) is 10.5. The van der Waals surface area contributed by atoms with Gasteiger partial charge in [0.25, 0.3) is 10.0 Å². The van der Waals surface area contributed by atoms with E-state index in [1.807, 2.05) is 17.5 Å². The molecule has 0 saturated carbocycles. The van der Waals surface area contributed by atoms with Crippen molar-refractivity contribution in [1.82, 2.24) is 5.32 Å². The summed E-state index contributed by atoms with van der Waals surface area (Å²) in [4.78, 5) is 12.5. The Labute approximate surface area is 165 Å². The molecule has 0 aliphatic rings. The van der Waals surface area contributed by atoms with Crippen molar-refractivity contribution < 1.29 is 22.0 Å². The van der Waals surface area contributed by atoms with Gasteiger partial charge in [0, 0.05) is 16.6 Å². The second-order valence-corrected chi connectivity index (χ2v) is 8.66. The second-order valence-electron chi connectivity index (χ2n) is 5.94. The summed E-state index contributed by atoms with van der Waals surface area (Å²) >= 11 is 1.55. The van der Waals surface area contributed by atoms with Crippen molar-refractivity contribution in [3.63, 3.8) is 0 Å². The van der Waals surface area contributed by atoms with Gasteiger partial charge in [0.2, 0.25) is 5.91 Å². The van der Waals surface area contributed by atoms with E-state index in [4.69, 9.17) is 0 Å². The van der Waals surface area contributed by atoms with Gasteiger partial charge in [0.15, 0.2) is 0 Å². The summed E-state index contributed by atoms with van der Waals surface area (Å²) in [5.74, 6) is -2.12. The Morgan fingerprint density at radius 3 is 2.29 bits per heavy atom. The number of anilines is 1. The Balaban J connectivity index is 1.61. The van der Waals surface area contributed by atoms with Crippen LogP contribution in [0.2, 0.25) is 0 Å². The van der Waals surface area contributed by atoms with Crippen LogP contribution in [0.5, 0.6) is 0 Å². The van der Waals surface area contributed by atoms with E-state index < -0.39 is 26.6 Å².